The van der Waals surface area contributed by atoms with Crippen molar-refractivity contribution in [2.24, 2.45) is 0 Å². The van der Waals surface area contributed by atoms with Crippen molar-refractivity contribution >= 4 is 29.1 Å². The molecule has 2 heterocycles. The molecular formula is C22H26ClN3O3. The molecule has 2 aromatic rings. The number of pyridine rings is 1. The minimum atomic E-state index is -0.990. The van der Waals surface area contributed by atoms with Gasteiger partial charge in [-0.25, -0.2) is 0 Å². The Balaban J connectivity index is 1.68. The predicted molar refractivity (Wildman–Crippen MR) is 113 cm³/mol. The minimum absolute atomic E-state index is 0.0160. The molecule has 0 saturated carbocycles. The van der Waals surface area contributed by atoms with E-state index >= 15 is 0 Å². The Hall–Kier alpha value is -2.60. The Morgan fingerprint density at radius 1 is 1.24 bits per heavy atom. The number of halogens is 1. The van der Waals surface area contributed by atoms with Crippen molar-refractivity contribution in [2.75, 3.05) is 24.5 Å². The lowest BCUT2D eigenvalue weighted by Crippen LogP contribution is -2.53. The Morgan fingerprint density at radius 3 is 2.66 bits per heavy atom. The number of amides is 2. The molecule has 0 bridgehead atoms. The average Bonchev–Trinajstić information content (AvgIpc) is 2.70. The van der Waals surface area contributed by atoms with Gasteiger partial charge in [0.05, 0.1) is 5.69 Å². The third-order valence-corrected chi connectivity index (χ3v) is 5.28. The van der Waals surface area contributed by atoms with Gasteiger partial charge in [0, 0.05) is 43.5 Å². The van der Waals surface area contributed by atoms with Gasteiger partial charge in [-0.15, -0.1) is 0 Å². The zero-order chi connectivity index (χ0) is 21.0. The lowest BCUT2D eigenvalue weighted by atomic mass is 10.0. The van der Waals surface area contributed by atoms with E-state index in [0.29, 0.717) is 29.5 Å². The molecule has 0 spiro atoms. The number of nitrogens with zero attached hydrogens (tertiary/aromatic N) is 3. The number of carbonyl (C=O) groups is 2. The molecule has 2 amide bonds. The molecule has 0 saturated heterocycles. The summed E-state index contributed by atoms with van der Waals surface area (Å²) in [6, 6.07) is 9.09. The molecule has 0 atom stereocenters. The molecule has 7 heteroatoms. The summed E-state index contributed by atoms with van der Waals surface area (Å²) in [5.74, 6) is 0.429. The van der Waals surface area contributed by atoms with Gasteiger partial charge in [-0.1, -0.05) is 11.6 Å². The summed E-state index contributed by atoms with van der Waals surface area (Å²) >= 11 is 6.12. The number of ether oxygens (including phenoxy) is 1. The van der Waals surface area contributed by atoms with Crippen LogP contribution >= 0.6 is 11.6 Å². The second kappa shape index (κ2) is 8.82. The molecule has 1 aromatic carbocycles. The third kappa shape index (κ3) is 4.88. The molecule has 0 fully saturated rings. The first kappa shape index (κ1) is 21.1. The molecule has 29 heavy (non-hydrogen) atoms. The van der Waals surface area contributed by atoms with Crippen LogP contribution in [0.5, 0.6) is 5.75 Å². The first-order valence-corrected chi connectivity index (χ1v) is 10.2. The summed E-state index contributed by atoms with van der Waals surface area (Å²) in [6.45, 7) is 6.95. The van der Waals surface area contributed by atoms with Crippen LogP contribution in [0.3, 0.4) is 0 Å². The Labute approximate surface area is 176 Å². The fourth-order valence-electron chi connectivity index (χ4n) is 3.40. The van der Waals surface area contributed by atoms with Crippen molar-refractivity contribution in [3.05, 3.63) is 53.3 Å². The molecular weight excluding hydrogens is 390 g/mol. The van der Waals surface area contributed by atoms with Crippen molar-refractivity contribution in [1.82, 2.24) is 9.88 Å². The maximum Gasteiger partial charge on any atom is 0.270 e. The van der Waals surface area contributed by atoms with E-state index in [4.69, 9.17) is 16.3 Å². The largest absolute Gasteiger partial charge is 0.476 e. The van der Waals surface area contributed by atoms with Gasteiger partial charge < -0.3 is 14.5 Å². The van der Waals surface area contributed by atoms with Gasteiger partial charge in [0.25, 0.3) is 5.91 Å². The van der Waals surface area contributed by atoms with E-state index in [2.05, 4.69) is 4.98 Å². The van der Waals surface area contributed by atoms with E-state index < -0.39 is 5.60 Å². The van der Waals surface area contributed by atoms with Crippen molar-refractivity contribution in [3.63, 3.8) is 0 Å². The molecule has 0 aliphatic carbocycles. The molecule has 1 aromatic heterocycles. The van der Waals surface area contributed by atoms with Crippen LogP contribution in [0.4, 0.5) is 5.69 Å². The van der Waals surface area contributed by atoms with E-state index in [1.54, 1.807) is 49.3 Å². The van der Waals surface area contributed by atoms with E-state index in [1.165, 1.54) is 0 Å². The second-order valence-corrected chi connectivity index (χ2v) is 7.95. The Kier molecular flexibility index (Phi) is 6.42. The summed E-state index contributed by atoms with van der Waals surface area (Å²) < 4.78 is 5.83. The number of hydrogen-bond acceptors (Lipinski definition) is 4. The second-order valence-electron chi connectivity index (χ2n) is 7.51. The highest BCUT2D eigenvalue weighted by molar-refractivity contribution is 6.31. The number of benzene rings is 1. The summed E-state index contributed by atoms with van der Waals surface area (Å²) in [6.07, 6.45) is 4.51. The number of anilines is 1. The van der Waals surface area contributed by atoms with Crippen LogP contribution in [0.2, 0.25) is 5.02 Å². The summed E-state index contributed by atoms with van der Waals surface area (Å²) in [7, 11) is 0. The smallest absolute Gasteiger partial charge is 0.270 e. The van der Waals surface area contributed by atoms with Gasteiger partial charge in [-0.2, -0.15) is 0 Å². The highest BCUT2D eigenvalue weighted by Gasteiger charge is 2.41. The van der Waals surface area contributed by atoms with E-state index in [0.717, 1.165) is 12.0 Å². The molecule has 1 aliphatic rings. The van der Waals surface area contributed by atoms with Crippen LogP contribution in [-0.4, -0.2) is 46.9 Å². The number of rotatable bonds is 7. The Morgan fingerprint density at radius 2 is 1.97 bits per heavy atom. The number of aromatic nitrogens is 1. The summed E-state index contributed by atoms with van der Waals surface area (Å²) in [4.78, 5) is 33.2. The highest BCUT2D eigenvalue weighted by Crippen LogP contribution is 2.39. The fourth-order valence-corrected chi connectivity index (χ4v) is 3.57. The first-order chi connectivity index (χ1) is 13.8. The number of likely N-dealkylation sites (N-methyl/N-ethyl adjacent to an activating group) is 1. The maximum absolute atomic E-state index is 12.9. The van der Waals surface area contributed by atoms with Crippen molar-refractivity contribution < 1.29 is 14.3 Å². The number of fused-ring (bicyclic) bond motifs is 1. The van der Waals surface area contributed by atoms with E-state index in [1.807, 2.05) is 24.0 Å². The van der Waals surface area contributed by atoms with Crippen LogP contribution in [0.1, 0.15) is 32.8 Å². The van der Waals surface area contributed by atoms with Crippen LogP contribution in [0.25, 0.3) is 0 Å². The van der Waals surface area contributed by atoms with Gasteiger partial charge in [-0.3, -0.25) is 14.6 Å². The zero-order valence-corrected chi connectivity index (χ0v) is 17.8. The molecule has 154 valence electrons. The fraction of sp³-hybridized carbons (Fsp3) is 0.409. The molecule has 0 radical (unpaired) electrons. The molecule has 0 unspecified atom stereocenters. The zero-order valence-electron chi connectivity index (χ0n) is 17.0. The maximum atomic E-state index is 12.9. The first-order valence-electron chi connectivity index (χ1n) is 9.79. The molecule has 3 rings (SSSR count). The molecule has 6 nitrogen and oxygen atoms in total. The van der Waals surface area contributed by atoms with Gasteiger partial charge >= 0.3 is 0 Å². The Bertz CT molecular complexity index is 886. The van der Waals surface area contributed by atoms with Crippen LogP contribution < -0.4 is 9.64 Å². The van der Waals surface area contributed by atoms with Crippen molar-refractivity contribution in [2.45, 2.75) is 39.2 Å². The standard InChI is InChI=1S/C22H26ClN3O3/c1-4-25(13-9-16-7-11-24-12-8-16)20(27)10-14-26-18-15-17(23)5-6-19(18)29-22(2,3)21(26)28/h5-8,11-12,15H,4,9-10,13-14H2,1-3H3. The van der Waals surface area contributed by atoms with E-state index in [9.17, 15) is 9.59 Å². The topological polar surface area (TPSA) is 62.7 Å². The van der Waals surface area contributed by atoms with Crippen LogP contribution in [-0.2, 0) is 16.0 Å². The summed E-state index contributed by atoms with van der Waals surface area (Å²) in [5.41, 5.74) is 0.754. The monoisotopic (exact) mass is 415 g/mol. The third-order valence-electron chi connectivity index (χ3n) is 5.04. The van der Waals surface area contributed by atoms with Crippen molar-refractivity contribution in [3.8, 4) is 5.75 Å². The lowest BCUT2D eigenvalue weighted by molar-refractivity contribution is -0.133. The van der Waals surface area contributed by atoms with Crippen LogP contribution in [0, 0.1) is 0 Å². The van der Waals surface area contributed by atoms with Crippen LogP contribution in [0.15, 0.2) is 42.7 Å². The number of hydrogen-bond donors (Lipinski definition) is 0. The highest BCUT2D eigenvalue weighted by atomic mass is 35.5. The quantitative estimate of drug-likeness (QED) is 0.691. The summed E-state index contributed by atoms with van der Waals surface area (Å²) in [5, 5.41) is 0.517. The molecule has 0 N–H and O–H groups in total. The van der Waals surface area contributed by atoms with Crippen molar-refractivity contribution in [1.29, 1.82) is 0 Å². The normalized spacial score (nSPS) is 14.9. The number of carbonyl (C=O) groups excluding carboxylic acids is 2. The van der Waals surface area contributed by atoms with Gasteiger partial charge in [-0.05, 0) is 63.1 Å². The van der Waals surface area contributed by atoms with Gasteiger partial charge in [0.2, 0.25) is 5.91 Å². The SMILES string of the molecule is CCN(CCc1ccncc1)C(=O)CCN1C(=O)C(C)(C)Oc2ccc(Cl)cc21. The van der Waals surface area contributed by atoms with E-state index in [-0.39, 0.29) is 24.8 Å². The average molecular weight is 416 g/mol. The predicted octanol–water partition coefficient (Wildman–Crippen LogP) is 3.72. The van der Waals surface area contributed by atoms with Gasteiger partial charge in [0.15, 0.2) is 5.60 Å². The van der Waals surface area contributed by atoms with Gasteiger partial charge in [0.1, 0.15) is 5.75 Å². The minimum Gasteiger partial charge on any atom is -0.476 e. The molecule has 1 aliphatic heterocycles. The lowest BCUT2D eigenvalue weighted by Gasteiger charge is -2.39.